The fourth-order valence-electron chi connectivity index (χ4n) is 3.61. The molecule has 0 radical (unpaired) electrons. The Kier molecular flexibility index (Phi) is 3.61. The summed E-state index contributed by atoms with van der Waals surface area (Å²) < 4.78 is 13.0. The molecule has 0 aromatic heterocycles. The number of hydrogen-bond donors (Lipinski definition) is 2. The summed E-state index contributed by atoms with van der Waals surface area (Å²) in [4.78, 5) is 14.1. The van der Waals surface area contributed by atoms with Crippen molar-refractivity contribution in [3.8, 4) is 5.75 Å². The monoisotopic (exact) mass is 293 g/mol. The summed E-state index contributed by atoms with van der Waals surface area (Å²) in [5.41, 5.74) is -0.516. The van der Waals surface area contributed by atoms with Gasteiger partial charge < -0.3 is 15.1 Å². The zero-order valence-corrected chi connectivity index (χ0v) is 11.9. The van der Waals surface area contributed by atoms with Crippen molar-refractivity contribution in [3.05, 3.63) is 29.6 Å². The van der Waals surface area contributed by atoms with Crippen LogP contribution in [0.4, 0.5) is 4.39 Å². The second-order valence-corrected chi connectivity index (χ2v) is 6.21. The lowest BCUT2D eigenvalue weighted by Crippen LogP contribution is -2.54. The van der Waals surface area contributed by atoms with E-state index in [1.807, 2.05) is 0 Å². The van der Waals surface area contributed by atoms with E-state index in [9.17, 15) is 19.4 Å². The van der Waals surface area contributed by atoms with Crippen LogP contribution in [0.15, 0.2) is 18.2 Å². The zero-order chi connectivity index (χ0) is 15.0. The highest BCUT2D eigenvalue weighted by Crippen LogP contribution is 2.40. The van der Waals surface area contributed by atoms with Gasteiger partial charge in [-0.2, -0.15) is 0 Å². The number of nitrogens with zero attached hydrogens (tertiary/aromatic N) is 1. The summed E-state index contributed by atoms with van der Waals surface area (Å²) in [7, 11) is 0. The molecule has 0 bridgehead atoms. The number of halogens is 1. The predicted molar refractivity (Wildman–Crippen MR) is 75.5 cm³/mol. The van der Waals surface area contributed by atoms with Gasteiger partial charge in [-0.3, -0.25) is 4.79 Å². The third kappa shape index (κ3) is 2.62. The summed E-state index contributed by atoms with van der Waals surface area (Å²) in [5, 5.41) is 20.4. The van der Waals surface area contributed by atoms with Crippen LogP contribution in [0, 0.1) is 11.7 Å². The van der Waals surface area contributed by atoms with Crippen LogP contribution in [0.3, 0.4) is 0 Å². The van der Waals surface area contributed by atoms with E-state index in [4.69, 9.17) is 0 Å². The molecule has 2 unspecified atom stereocenters. The van der Waals surface area contributed by atoms with Crippen molar-refractivity contribution in [3.63, 3.8) is 0 Å². The second-order valence-electron chi connectivity index (χ2n) is 6.21. The van der Waals surface area contributed by atoms with Crippen LogP contribution in [-0.4, -0.2) is 39.7 Å². The van der Waals surface area contributed by atoms with E-state index >= 15 is 0 Å². The quantitative estimate of drug-likeness (QED) is 0.835. The summed E-state index contributed by atoms with van der Waals surface area (Å²) in [5.74, 6) is -1.08. The number of phenols is 1. The summed E-state index contributed by atoms with van der Waals surface area (Å²) >= 11 is 0. The molecule has 1 aliphatic heterocycles. The SMILES string of the molecule is O=C(c1ccc(F)cc1O)N1CCC2(O)CCCCC2C1. The van der Waals surface area contributed by atoms with Gasteiger partial charge in [-0.15, -0.1) is 0 Å². The number of hydrogen-bond acceptors (Lipinski definition) is 3. The smallest absolute Gasteiger partial charge is 0.257 e. The molecule has 1 saturated heterocycles. The first-order chi connectivity index (χ1) is 9.99. The third-order valence-electron chi connectivity index (χ3n) is 4.91. The molecule has 4 nitrogen and oxygen atoms in total. The lowest BCUT2D eigenvalue weighted by molar-refractivity contribution is -0.0886. The van der Waals surface area contributed by atoms with Gasteiger partial charge in [0.25, 0.3) is 5.91 Å². The van der Waals surface area contributed by atoms with Gasteiger partial charge in [0.2, 0.25) is 0 Å². The van der Waals surface area contributed by atoms with Crippen molar-refractivity contribution in [1.82, 2.24) is 4.90 Å². The highest BCUT2D eigenvalue weighted by Gasteiger charge is 2.43. The Labute approximate surface area is 123 Å². The fourth-order valence-corrected chi connectivity index (χ4v) is 3.61. The molecule has 1 aromatic carbocycles. The van der Waals surface area contributed by atoms with Gasteiger partial charge in [0.15, 0.2) is 0 Å². The standard InChI is InChI=1S/C16H20FNO3/c17-12-4-5-13(14(19)9-12)15(20)18-8-7-16(21)6-2-1-3-11(16)10-18/h4-5,9,11,19,21H,1-3,6-8,10H2. The Morgan fingerprint density at radius 2 is 2.14 bits per heavy atom. The van der Waals surface area contributed by atoms with Crippen LogP contribution in [0.5, 0.6) is 5.75 Å². The minimum Gasteiger partial charge on any atom is -0.507 e. The average molecular weight is 293 g/mol. The molecular weight excluding hydrogens is 273 g/mol. The van der Waals surface area contributed by atoms with Gasteiger partial charge in [-0.1, -0.05) is 12.8 Å². The molecule has 1 saturated carbocycles. The highest BCUT2D eigenvalue weighted by molar-refractivity contribution is 5.96. The number of amides is 1. The van der Waals surface area contributed by atoms with E-state index in [-0.39, 0.29) is 23.1 Å². The molecule has 3 rings (SSSR count). The molecule has 114 valence electrons. The molecule has 21 heavy (non-hydrogen) atoms. The van der Waals surface area contributed by atoms with Crippen LogP contribution >= 0.6 is 0 Å². The Bertz CT molecular complexity index is 562. The number of carbonyl (C=O) groups is 1. The van der Waals surface area contributed by atoms with Crippen LogP contribution in [0.25, 0.3) is 0 Å². The van der Waals surface area contributed by atoms with Crippen molar-refractivity contribution < 1.29 is 19.4 Å². The Morgan fingerprint density at radius 1 is 1.33 bits per heavy atom. The molecular formula is C16H20FNO3. The van der Waals surface area contributed by atoms with E-state index in [1.54, 1.807) is 4.90 Å². The molecule has 2 N–H and O–H groups in total. The molecule has 0 spiro atoms. The number of rotatable bonds is 1. The number of phenolic OH excluding ortho intramolecular Hbond substituents is 1. The second kappa shape index (κ2) is 5.30. The largest absolute Gasteiger partial charge is 0.507 e. The number of carbonyl (C=O) groups excluding carboxylic acids is 1. The van der Waals surface area contributed by atoms with Crippen LogP contribution in [0.1, 0.15) is 42.5 Å². The summed E-state index contributed by atoms with van der Waals surface area (Å²) in [6.07, 6.45) is 4.43. The molecule has 5 heteroatoms. The molecule has 1 amide bonds. The molecule has 1 aliphatic carbocycles. The fraction of sp³-hybridized carbons (Fsp3) is 0.562. The van der Waals surface area contributed by atoms with E-state index in [2.05, 4.69) is 0 Å². The normalized spacial score (nSPS) is 29.0. The molecule has 2 atom stereocenters. The number of aromatic hydroxyl groups is 1. The van der Waals surface area contributed by atoms with E-state index in [0.29, 0.717) is 19.5 Å². The summed E-state index contributed by atoms with van der Waals surface area (Å²) in [6, 6.07) is 3.44. The molecule has 2 fully saturated rings. The van der Waals surface area contributed by atoms with Gasteiger partial charge in [0.1, 0.15) is 11.6 Å². The summed E-state index contributed by atoms with van der Waals surface area (Å²) in [6.45, 7) is 0.981. The Morgan fingerprint density at radius 3 is 2.90 bits per heavy atom. The lowest BCUT2D eigenvalue weighted by Gasteiger charge is -2.47. The predicted octanol–water partition coefficient (Wildman–Crippen LogP) is 2.30. The molecule has 1 heterocycles. The van der Waals surface area contributed by atoms with Crippen LogP contribution in [-0.2, 0) is 0 Å². The lowest BCUT2D eigenvalue weighted by atomic mass is 9.71. The third-order valence-corrected chi connectivity index (χ3v) is 4.91. The number of aliphatic hydroxyl groups is 1. The zero-order valence-electron chi connectivity index (χ0n) is 11.9. The minimum absolute atomic E-state index is 0.103. The highest BCUT2D eigenvalue weighted by atomic mass is 19.1. The Hall–Kier alpha value is -1.62. The van der Waals surface area contributed by atoms with Gasteiger partial charge in [0, 0.05) is 25.1 Å². The van der Waals surface area contributed by atoms with Gasteiger partial charge in [0.05, 0.1) is 11.2 Å². The topological polar surface area (TPSA) is 60.8 Å². The number of benzene rings is 1. The first-order valence-corrected chi connectivity index (χ1v) is 7.50. The molecule has 1 aromatic rings. The maximum atomic E-state index is 13.0. The van der Waals surface area contributed by atoms with Crippen molar-refractivity contribution in [2.24, 2.45) is 5.92 Å². The van der Waals surface area contributed by atoms with Gasteiger partial charge >= 0.3 is 0 Å². The van der Waals surface area contributed by atoms with Crippen molar-refractivity contribution >= 4 is 5.91 Å². The van der Waals surface area contributed by atoms with Gasteiger partial charge in [-0.25, -0.2) is 4.39 Å². The van der Waals surface area contributed by atoms with Crippen LogP contribution in [0.2, 0.25) is 0 Å². The minimum atomic E-state index is -0.639. The van der Waals surface area contributed by atoms with Crippen molar-refractivity contribution in [1.29, 1.82) is 0 Å². The maximum absolute atomic E-state index is 13.0. The molecule has 2 aliphatic rings. The van der Waals surface area contributed by atoms with Crippen molar-refractivity contribution in [2.75, 3.05) is 13.1 Å². The number of likely N-dealkylation sites (tertiary alicyclic amines) is 1. The average Bonchev–Trinajstić information content (AvgIpc) is 2.45. The van der Waals surface area contributed by atoms with E-state index in [1.165, 1.54) is 12.1 Å². The Balaban J connectivity index is 1.77. The maximum Gasteiger partial charge on any atom is 0.257 e. The first-order valence-electron chi connectivity index (χ1n) is 7.50. The first kappa shape index (κ1) is 14.3. The van der Waals surface area contributed by atoms with E-state index < -0.39 is 11.4 Å². The van der Waals surface area contributed by atoms with Crippen molar-refractivity contribution in [2.45, 2.75) is 37.7 Å². The van der Waals surface area contributed by atoms with E-state index in [0.717, 1.165) is 31.7 Å². The van der Waals surface area contributed by atoms with Gasteiger partial charge in [-0.05, 0) is 31.4 Å². The number of piperidine rings is 1. The van der Waals surface area contributed by atoms with Crippen LogP contribution < -0.4 is 0 Å². The number of fused-ring (bicyclic) bond motifs is 1.